The summed E-state index contributed by atoms with van der Waals surface area (Å²) in [7, 11) is 0. The van der Waals surface area contributed by atoms with Crippen LogP contribution in [0.1, 0.15) is 4.88 Å². The van der Waals surface area contributed by atoms with Crippen molar-refractivity contribution in [1.29, 1.82) is 0 Å². The second kappa shape index (κ2) is 7.07. The van der Waals surface area contributed by atoms with Gasteiger partial charge in [-0.3, -0.25) is 19.1 Å². The first-order valence-electron chi connectivity index (χ1n) is 8.16. The molecule has 25 heavy (non-hydrogen) atoms. The van der Waals surface area contributed by atoms with Crippen LogP contribution < -0.4 is 5.56 Å². The zero-order valence-corrected chi connectivity index (χ0v) is 15.3. The number of thiophene rings is 2. The van der Waals surface area contributed by atoms with E-state index in [4.69, 9.17) is 0 Å². The Morgan fingerprint density at radius 3 is 2.72 bits per heavy atom. The molecule has 1 saturated heterocycles. The molecule has 0 bridgehead atoms. The molecule has 1 fully saturated rings. The van der Waals surface area contributed by atoms with Gasteiger partial charge in [-0.1, -0.05) is 6.07 Å². The highest BCUT2D eigenvalue weighted by molar-refractivity contribution is 7.16. The van der Waals surface area contributed by atoms with Gasteiger partial charge >= 0.3 is 0 Å². The maximum Gasteiger partial charge on any atom is 0.262 e. The van der Waals surface area contributed by atoms with Crippen molar-refractivity contribution in [2.75, 3.05) is 26.2 Å². The van der Waals surface area contributed by atoms with E-state index < -0.39 is 0 Å². The first kappa shape index (κ1) is 16.4. The van der Waals surface area contributed by atoms with E-state index in [0.717, 1.165) is 24.5 Å². The van der Waals surface area contributed by atoms with Gasteiger partial charge in [0.15, 0.2) is 0 Å². The van der Waals surface area contributed by atoms with E-state index in [2.05, 4.69) is 27.4 Å². The molecule has 0 aliphatic carbocycles. The summed E-state index contributed by atoms with van der Waals surface area (Å²) >= 11 is 3.20. The summed E-state index contributed by atoms with van der Waals surface area (Å²) in [6.45, 7) is 4.13. The SMILES string of the molecule is O=C(Cn1cnc2sccc2c1=O)N1CCN(Cc2cccs2)CC1. The molecule has 0 saturated carbocycles. The van der Waals surface area contributed by atoms with Crippen LogP contribution in [-0.2, 0) is 17.9 Å². The molecular formula is C17H18N4O2S2. The average molecular weight is 374 g/mol. The number of amides is 1. The third-order valence-electron chi connectivity index (χ3n) is 4.44. The molecule has 0 aromatic carbocycles. The highest BCUT2D eigenvalue weighted by Crippen LogP contribution is 2.15. The maximum atomic E-state index is 12.5. The Kier molecular flexibility index (Phi) is 4.65. The van der Waals surface area contributed by atoms with E-state index in [-0.39, 0.29) is 18.0 Å². The molecule has 3 aromatic heterocycles. The summed E-state index contributed by atoms with van der Waals surface area (Å²) in [5.74, 6) is -0.0192. The fourth-order valence-corrected chi connectivity index (χ4v) is 4.50. The fourth-order valence-electron chi connectivity index (χ4n) is 3.03. The number of carbonyl (C=O) groups is 1. The Balaban J connectivity index is 1.37. The smallest absolute Gasteiger partial charge is 0.262 e. The first-order chi connectivity index (χ1) is 12.2. The van der Waals surface area contributed by atoms with Gasteiger partial charge in [0.1, 0.15) is 11.4 Å². The maximum absolute atomic E-state index is 12.5. The van der Waals surface area contributed by atoms with Crippen molar-refractivity contribution in [2.45, 2.75) is 13.1 Å². The Morgan fingerprint density at radius 1 is 1.12 bits per heavy atom. The summed E-state index contributed by atoms with van der Waals surface area (Å²) in [5.41, 5.74) is -0.143. The van der Waals surface area contributed by atoms with Crippen LogP contribution in [0.4, 0.5) is 0 Å². The number of aromatic nitrogens is 2. The summed E-state index contributed by atoms with van der Waals surface area (Å²) < 4.78 is 1.41. The van der Waals surface area contributed by atoms with Gasteiger partial charge in [0.25, 0.3) is 5.56 Å². The van der Waals surface area contributed by atoms with Gasteiger partial charge in [0.05, 0.1) is 11.7 Å². The van der Waals surface area contributed by atoms with E-state index in [1.807, 2.05) is 10.3 Å². The number of fused-ring (bicyclic) bond motifs is 1. The minimum atomic E-state index is -0.143. The van der Waals surface area contributed by atoms with Crippen LogP contribution in [0.2, 0.25) is 0 Å². The Hall–Kier alpha value is -2.03. The third kappa shape index (κ3) is 3.51. The van der Waals surface area contributed by atoms with Crippen LogP contribution >= 0.6 is 22.7 Å². The van der Waals surface area contributed by atoms with Crippen molar-refractivity contribution in [2.24, 2.45) is 0 Å². The molecule has 3 aromatic rings. The Bertz CT molecular complexity index is 924. The molecule has 0 N–H and O–H groups in total. The fraction of sp³-hybridized carbons (Fsp3) is 0.353. The molecule has 130 valence electrons. The lowest BCUT2D eigenvalue weighted by molar-refractivity contribution is -0.133. The molecule has 4 rings (SSSR count). The van der Waals surface area contributed by atoms with Gasteiger partial charge in [-0.15, -0.1) is 22.7 Å². The third-order valence-corrected chi connectivity index (χ3v) is 6.12. The van der Waals surface area contributed by atoms with Crippen LogP contribution in [0.3, 0.4) is 0 Å². The molecule has 1 aliphatic rings. The number of nitrogens with zero attached hydrogens (tertiary/aromatic N) is 4. The van der Waals surface area contributed by atoms with Crippen LogP contribution in [0.5, 0.6) is 0 Å². The average Bonchev–Trinajstić information content (AvgIpc) is 3.30. The van der Waals surface area contributed by atoms with Crippen molar-refractivity contribution < 1.29 is 4.79 Å². The van der Waals surface area contributed by atoms with E-state index in [1.54, 1.807) is 17.4 Å². The molecule has 8 heteroatoms. The molecule has 0 unspecified atom stereocenters. The summed E-state index contributed by atoms with van der Waals surface area (Å²) in [6, 6.07) is 5.97. The zero-order valence-electron chi connectivity index (χ0n) is 13.6. The van der Waals surface area contributed by atoms with Gasteiger partial charge in [-0.2, -0.15) is 0 Å². The van der Waals surface area contributed by atoms with Crippen LogP contribution in [0.15, 0.2) is 40.1 Å². The molecule has 1 amide bonds. The Morgan fingerprint density at radius 2 is 1.96 bits per heavy atom. The Labute approximate surface area is 152 Å². The first-order valence-corrected chi connectivity index (χ1v) is 9.92. The second-order valence-electron chi connectivity index (χ2n) is 6.05. The molecule has 0 atom stereocenters. The quantitative estimate of drug-likeness (QED) is 0.700. The zero-order chi connectivity index (χ0) is 17.2. The minimum absolute atomic E-state index is 0.0192. The lowest BCUT2D eigenvalue weighted by atomic mass is 10.3. The minimum Gasteiger partial charge on any atom is -0.339 e. The van der Waals surface area contributed by atoms with E-state index in [9.17, 15) is 9.59 Å². The highest BCUT2D eigenvalue weighted by Gasteiger charge is 2.22. The van der Waals surface area contributed by atoms with Gasteiger partial charge in [-0.25, -0.2) is 4.98 Å². The van der Waals surface area contributed by atoms with E-state index in [1.165, 1.54) is 27.1 Å². The lowest BCUT2D eigenvalue weighted by Gasteiger charge is -2.34. The van der Waals surface area contributed by atoms with Crippen molar-refractivity contribution in [3.05, 3.63) is 50.5 Å². The van der Waals surface area contributed by atoms with E-state index in [0.29, 0.717) is 18.5 Å². The standard InChI is InChI=1S/C17H18N4O2S2/c22-15(11-21-12-18-16-14(17(21)23)3-9-25-16)20-6-4-19(5-7-20)10-13-2-1-8-24-13/h1-3,8-9,12H,4-7,10-11H2. The van der Waals surface area contributed by atoms with Crippen molar-refractivity contribution in [3.8, 4) is 0 Å². The number of hydrogen-bond acceptors (Lipinski definition) is 6. The predicted octanol–water partition coefficient (Wildman–Crippen LogP) is 1.86. The molecule has 1 aliphatic heterocycles. The van der Waals surface area contributed by atoms with Crippen molar-refractivity contribution in [3.63, 3.8) is 0 Å². The molecule has 0 radical (unpaired) electrons. The van der Waals surface area contributed by atoms with E-state index >= 15 is 0 Å². The van der Waals surface area contributed by atoms with Crippen LogP contribution in [0, 0.1) is 0 Å². The number of hydrogen-bond donors (Lipinski definition) is 0. The lowest BCUT2D eigenvalue weighted by Crippen LogP contribution is -2.49. The summed E-state index contributed by atoms with van der Waals surface area (Å²) in [6.07, 6.45) is 1.48. The van der Waals surface area contributed by atoms with Crippen molar-refractivity contribution in [1.82, 2.24) is 19.4 Å². The monoisotopic (exact) mass is 374 g/mol. The van der Waals surface area contributed by atoms with Crippen LogP contribution in [-0.4, -0.2) is 51.4 Å². The molecule has 0 spiro atoms. The molecular weight excluding hydrogens is 356 g/mol. The number of piperazine rings is 1. The largest absolute Gasteiger partial charge is 0.339 e. The van der Waals surface area contributed by atoms with Gasteiger partial charge in [-0.05, 0) is 22.9 Å². The predicted molar refractivity (Wildman–Crippen MR) is 100 cm³/mol. The van der Waals surface area contributed by atoms with Gasteiger partial charge in [0.2, 0.25) is 5.91 Å². The number of carbonyl (C=O) groups excluding carboxylic acids is 1. The van der Waals surface area contributed by atoms with Crippen molar-refractivity contribution >= 4 is 38.8 Å². The summed E-state index contributed by atoms with van der Waals surface area (Å²) in [4.78, 5) is 35.5. The molecule has 6 nitrogen and oxygen atoms in total. The number of rotatable bonds is 4. The topological polar surface area (TPSA) is 58.4 Å². The van der Waals surface area contributed by atoms with Crippen LogP contribution in [0.25, 0.3) is 10.2 Å². The van der Waals surface area contributed by atoms with Gasteiger partial charge in [0, 0.05) is 37.6 Å². The normalized spacial score (nSPS) is 15.8. The highest BCUT2D eigenvalue weighted by atomic mass is 32.1. The molecule has 4 heterocycles. The van der Waals surface area contributed by atoms with Gasteiger partial charge < -0.3 is 4.90 Å². The summed E-state index contributed by atoms with van der Waals surface area (Å²) in [5, 5.41) is 4.52. The second-order valence-corrected chi connectivity index (χ2v) is 7.98.